The number of halogens is 2. The zero-order chi connectivity index (χ0) is 23.4. The summed E-state index contributed by atoms with van der Waals surface area (Å²) in [6, 6.07) is 14.6. The van der Waals surface area contributed by atoms with Gasteiger partial charge in [0.1, 0.15) is 0 Å². The molecule has 0 aliphatic heterocycles. The SMILES string of the molecule is CN(Cc1c(C(=O)N/N=C/c2ccc(Cl)c(Cl)c2)nnn1-c1nonc1N)c1ccccc1. The minimum atomic E-state index is -0.580. The Morgan fingerprint density at radius 3 is 2.70 bits per heavy atom. The van der Waals surface area contributed by atoms with Gasteiger partial charge in [0, 0.05) is 12.7 Å². The van der Waals surface area contributed by atoms with Crippen molar-refractivity contribution in [2.24, 2.45) is 5.10 Å². The first-order valence-corrected chi connectivity index (χ1v) is 10.3. The van der Waals surface area contributed by atoms with E-state index in [2.05, 4.69) is 35.8 Å². The van der Waals surface area contributed by atoms with Crippen LogP contribution in [0.4, 0.5) is 11.5 Å². The highest BCUT2D eigenvalue weighted by molar-refractivity contribution is 6.42. The molecule has 0 radical (unpaired) electrons. The summed E-state index contributed by atoms with van der Waals surface area (Å²) in [4.78, 5) is 14.8. The second-order valence-electron chi connectivity index (χ2n) is 6.83. The summed E-state index contributed by atoms with van der Waals surface area (Å²) < 4.78 is 5.98. The average molecular weight is 486 g/mol. The van der Waals surface area contributed by atoms with Crippen LogP contribution in [0.5, 0.6) is 0 Å². The fourth-order valence-electron chi connectivity index (χ4n) is 2.94. The van der Waals surface area contributed by atoms with Gasteiger partial charge in [-0.25, -0.2) is 10.1 Å². The molecule has 0 saturated carbocycles. The van der Waals surface area contributed by atoms with Gasteiger partial charge in [0.05, 0.1) is 28.5 Å². The van der Waals surface area contributed by atoms with E-state index in [9.17, 15) is 4.79 Å². The number of amides is 1. The second kappa shape index (κ2) is 9.67. The van der Waals surface area contributed by atoms with Gasteiger partial charge in [-0.05, 0) is 40.1 Å². The van der Waals surface area contributed by atoms with E-state index < -0.39 is 5.91 Å². The first kappa shape index (κ1) is 22.2. The third-order valence-corrected chi connectivity index (χ3v) is 5.32. The van der Waals surface area contributed by atoms with E-state index in [0.717, 1.165) is 5.69 Å². The number of hydrogen-bond acceptors (Lipinski definition) is 9. The van der Waals surface area contributed by atoms with Gasteiger partial charge in [0.15, 0.2) is 5.69 Å². The largest absolute Gasteiger partial charge is 0.378 e. The Morgan fingerprint density at radius 2 is 2.00 bits per heavy atom. The monoisotopic (exact) mass is 485 g/mol. The molecule has 168 valence electrons. The smallest absolute Gasteiger partial charge is 0.293 e. The second-order valence-corrected chi connectivity index (χ2v) is 7.65. The van der Waals surface area contributed by atoms with E-state index in [-0.39, 0.29) is 23.9 Å². The number of carbonyl (C=O) groups is 1. The van der Waals surface area contributed by atoms with E-state index in [1.807, 2.05) is 42.3 Å². The Balaban J connectivity index is 1.60. The third kappa shape index (κ3) is 4.94. The Bertz CT molecular complexity index is 1300. The molecule has 0 fully saturated rings. The maximum atomic E-state index is 12.9. The van der Waals surface area contributed by atoms with E-state index in [1.165, 1.54) is 10.9 Å². The predicted molar refractivity (Wildman–Crippen MR) is 124 cm³/mol. The molecule has 2 aromatic carbocycles. The quantitative estimate of drug-likeness (QED) is 0.300. The number of nitrogens with zero attached hydrogens (tertiary/aromatic N) is 7. The summed E-state index contributed by atoms with van der Waals surface area (Å²) in [5.41, 5.74) is 10.3. The molecule has 11 nitrogen and oxygen atoms in total. The van der Waals surface area contributed by atoms with Gasteiger partial charge in [-0.1, -0.05) is 52.7 Å². The molecule has 0 unspecified atom stereocenters. The van der Waals surface area contributed by atoms with Crippen molar-refractivity contribution in [3.05, 3.63) is 75.5 Å². The van der Waals surface area contributed by atoms with Crippen LogP contribution in [0.2, 0.25) is 10.0 Å². The molecule has 0 bridgehead atoms. The van der Waals surface area contributed by atoms with E-state index in [4.69, 9.17) is 28.9 Å². The number of hydrazone groups is 1. The molecule has 0 aliphatic rings. The first-order chi connectivity index (χ1) is 15.9. The van der Waals surface area contributed by atoms with Crippen LogP contribution in [-0.2, 0) is 6.54 Å². The Labute approximate surface area is 197 Å². The van der Waals surface area contributed by atoms with E-state index >= 15 is 0 Å². The Morgan fingerprint density at radius 1 is 1.21 bits per heavy atom. The summed E-state index contributed by atoms with van der Waals surface area (Å²) in [5.74, 6) is -0.450. The van der Waals surface area contributed by atoms with Gasteiger partial charge < -0.3 is 10.6 Å². The lowest BCUT2D eigenvalue weighted by Crippen LogP contribution is -2.24. The highest BCUT2D eigenvalue weighted by Crippen LogP contribution is 2.22. The summed E-state index contributed by atoms with van der Waals surface area (Å²) in [7, 11) is 1.86. The van der Waals surface area contributed by atoms with Crippen LogP contribution < -0.4 is 16.1 Å². The Hall–Kier alpha value is -3.96. The number of nitrogens with one attached hydrogen (secondary N) is 1. The van der Waals surface area contributed by atoms with Crippen molar-refractivity contribution in [3.63, 3.8) is 0 Å². The summed E-state index contributed by atoms with van der Waals surface area (Å²) in [5, 5.41) is 20.1. The lowest BCUT2D eigenvalue weighted by Gasteiger charge is -2.19. The zero-order valence-electron chi connectivity index (χ0n) is 17.2. The van der Waals surface area contributed by atoms with E-state index in [1.54, 1.807) is 18.2 Å². The maximum absolute atomic E-state index is 12.9. The number of benzene rings is 2. The number of anilines is 2. The standard InChI is InChI=1S/C20H17Cl2N9O2/c1-30(13-5-3-2-4-6-13)11-16-17(25-29-31(16)19-18(23)27-33-28-19)20(32)26-24-10-12-7-8-14(21)15(22)9-12/h2-10H,11H2,1H3,(H2,23,27)(H,26,32)/b24-10+. The highest BCUT2D eigenvalue weighted by Gasteiger charge is 2.25. The third-order valence-electron chi connectivity index (χ3n) is 4.58. The average Bonchev–Trinajstić information content (AvgIpc) is 3.42. The topological polar surface area (TPSA) is 140 Å². The van der Waals surface area contributed by atoms with Crippen LogP contribution in [0.3, 0.4) is 0 Å². The van der Waals surface area contributed by atoms with Gasteiger partial charge in [-0.3, -0.25) is 4.79 Å². The summed E-state index contributed by atoms with van der Waals surface area (Å²) >= 11 is 11.9. The van der Waals surface area contributed by atoms with Crippen molar-refractivity contribution in [1.82, 2.24) is 30.7 Å². The van der Waals surface area contributed by atoms with Gasteiger partial charge in [0.25, 0.3) is 5.91 Å². The van der Waals surface area contributed by atoms with Crippen molar-refractivity contribution in [2.75, 3.05) is 17.7 Å². The number of para-hydroxylation sites is 1. The molecular formula is C20H17Cl2N9O2. The number of nitrogen functional groups attached to an aromatic ring is 1. The van der Waals surface area contributed by atoms with E-state index in [0.29, 0.717) is 21.3 Å². The van der Waals surface area contributed by atoms with Gasteiger partial charge in [-0.15, -0.1) is 5.10 Å². The number of hydrogen-bond donors (Lipinski definition) is 2. The fourth-order valence-corrected chi connectivity index (χ4v) is 3.24. The van der Waals surface area contributed by atoms with Crippen LogP contribution in [0.1, 0.15) is 21.7 Å². The number of carbonyl (C=O) groups excluding carboxylic acids is 1. The zero-order valence-corrected chi connectivity index (χ0v) is 18.7. The number of nitrogens with two attached hydrogens (primary N) is 1. The van der Waals surface area contributed by atoms with Crippen molar-refractivity contribution in [3.8, 4) is 5.82 Å². The lowest BCUT2D eigenvalue weighted by molar-refractivity contribution is 0.0949. The van der Waals surface area contributed by atoms with Crippen LogP contribution in [-0.4, -0.2) is 44.5 Å². The molecule has 2 heterocycles. The molecule has 0 atom stereocenters. The Kier molecular flexibility index (Phi) is 6.52. The van der Waals surface area contributed by atoms with Crippen molar-refractivity contribution >= 4 is 46.8 Å². The molecule has 0 spiro atoms. The molecule has 13 heteroatoms. The van der Waals surface area contributed by atoms with Crippen molar-refractivity contribution in [1.29, 1.82) is 0 Å². The minimum absolute atomic E-state index is 0.00751. The normalized spacial score (nSPS) is 11.1. The highest BCUT2D eigenvalue weighted by atomic mass is 35.5. The van der Waals surface area contributed by atoms with Crippen molar-refractivity contribution in [2.45, 2.75) is 6.54 Å². The van der Waals surface area contributed by atoms with Crippen molar-refractivity contribution < 1.29 is 9.42 Å². The molecule has 33 heavy (non-hydrogen) atoms. The lowest BCUT2D eigenvalue weighted by atomic mass is 10.2. The molecular weight excluding hydrogens is 469 g/mol. The molecule has 3 N–H and O–H groups in total. The van der Waals surface area contributed by atoms with Gasteiger partial charge in [0.2, 0.25) is 11.6 Å². The fraction of sp³-hybridized carbons (Fsp3) is 0.100. The molecule has 2 aromatic heterocycles. The van der Waals surface area contributed by atoms with Crippen LogP contribution >= 0.6 is 23.2 Å². The summed E-state index contributed by atoms with van der Waals surface area (Å²) in [6.45, 7) is 0.253. The van der Waals surface area contributed by atoms with Crippen LogP contribution in [0, 0.1) is 0 Å². The van der Waals surface area contributed by atoms with Crippen LogP contribution in [0.25, 0.3) is 5.82 Å². The number of aromatic nitrogens is 5. The maximum Gasteiger partial charge on any atom is 0.293 e. The molecule has 0 aliphatic carbocycles. The molecule has 4 rings (SSSR count). The number of rotatable bonds is 7. The predicted octanol–water partition coefficient (Wildman–Crippen LogP) is 2.94. The molecule has 1 amide bonds. The molecule has 0 saturated heterocycles. The summed E-state index contributed by atoms with van der Waals surface area (Å²) in [6.07, 6.45) is 1.43. The van der Waals surface area contributed by atoms with Crippen LogP contribution in [0.15, 0.2) is 58.3 Å². The molecule has 4 aromatic rings. The minimum Gasteiger partial charge on any atom is -0.378 e. The van der Waals surface area contributed by atoms with Gasteiger partial charge >= 0.3 is 0 Å². The van der Waals surface area contributed by atoms with Gasteiger partial charge in [-0.2, -0.15) is 9.78 Å². The first-order valence-electron chi connectivity index (χ1n) is 9.51.